The molecule has 0 radical (unpaired) electrons. The Balaban J connectivity index is 1.48. The molecule has 3 aromatic heterocycles. The summed E-state index contributed by atoms with van der Waals surface area (Å²) >= 11 is 0. The van der Waals surface area contributed by atoms with Crippen LogP contribution in [-0.4, -0.2) is 49.9 Å². The lowest BCUT2D eigenvalue weighted by molar-refractivity contribution is 0.290. The van der Waals surface area contributed by atoms with Gasteiger partial charge in [-0.3, -0.25) is 0 Å². The van der Waals surface area contributed by atoms with E-state index in [-0.39, 0.29) is 5.41 Å². The van der Waals surface area contributed by atoms with Crippen molar-refractivity contribution in [1.29, 1.82) is 5.26 Å². The first kappa shape index (κ1) is 21.6. The van der Waals surface area contributed by atoms with Crippen LogP contribution in [0.1, 0.15) is 19.0 Å². The van der Waals surface area contributed by atoms with Gasteiger partial charge in [0.15, 0.2) is 11.6 Å². The van der Waals surface area contributed by atoms with Gasteiger partial charge in [-0.2, -0.15) is 5.26 Å². The lowest BCUT2D eigenvalue weighted by atomic mass is 9.79. The number of hydrogen-bond donors (Lipinski definition) is 1. The fourth-order valence-electron chi connectivity index (χ4n) is 4.24. The molecule has 0 aliphatic carbocycles. The van der Waals surface area contributed by atoms with Crippen LogP contribution in [0.3, 0.4) is 0 Å². The van der Waals surface area contributed by atoms with Crippen molar-refractivity contribution in [3.05, 3.63) is 42.5 Å². The second-order valence-electron chi connectivity index (χ2n) is 8.63. The summed E-state index contributed by atoms with van der Waals surface area (Å²) in [6.45, 7) is 5.30. The average Bonchev–Trinajstić information content (AvgIpc) is 3.25. The highest BCUT2D eigenvalue weighted by Crippen LogP contribution is 2.39. The molecule has 0 bridgehead atoms. The molecule has 10 heteroatoms. The summed E-state index contributed by atoms with van der Waals surface area (Å²) in [5, 5.41) is 21.8. The average molecular weight is 456 g/mol. The second kappa shape index (κ2) is 8.26. The van der Waals surface area contributed by atoms with Gasteiger partial charge in [0.1, 0.15) is 17.6 Å². The lowest BCUT2D eigenvalue weighted by Crippen LogP contribution is -2.55. The molecule has 0 amide bonds. The van der Waals surface area contributed by atoms with E-state index >= 15 is 0 Å². The molecule has 4 aromatic rings. The summed E-state index contributed by atoms with van der Waals surface area (Å²) in [4.78, 5) is 16.2. The Morgan fingerprint density at radius 1 is 1.24 bits per heavy atom. The minimum Gasteiger partial charge on any atom is -0.495 e. The zero-order chi connectivity index (χ0) is 23.9. The standard InChI is InChI=1S/C24H25N9O/c1-5-24(11-25)12-33(13-24)22-20-17(8-15(2)28-22)10-26-23(30-20)29-18-7-6-16(9-19(18)34-4)21-31-27-14-32(21)3/h6-10,14H,5,12-13H2,1-4H3,(H,26,29,30). The number of fused-ring (bicyclic) bond motifs is 1. The van der Waals surface area contributed by atoms with Crippen molar-refractivity contribution >= 4 is 28.4 Å². The van der Waals surface area contributed by atoms with E-state index in [4.69, 9.17) is 14.7 Å². The van der Waals surface area contributed by atoms with Crippen LogP contribution >= 0.6 is 0 Å². The van der Waals surface area contributed by atoms with Crippen molar-refractivity contribution in [3.8, 4) is 23.2 Å². The molecule has 0 spiro atoms. The largest absolute Gasteiger partial charge is 0.495 e. The Hall–Kier alpha value is -4.26. The van der Waals surface area contributed by atoms with Gasteiger partial charge in [-0.25, -0.2) is 15.0 Å². The summed E-state index contributed by atoms with van der Waals surface area (Å²) in [6, 6.07) is 10.2. The minimum atomic E-state index is -0.316. The van der Waals surface area contributed by atoms with E-state index in [2.05, 4.69) is 38.4 Å². The molecule has 34 heavy (non-hydrogen) atoms. The van der Waals surface area contributed by atoms with Gasteiger partial charge in [0.05, 0.1) is 24.3 Å². The molecule has 1 aliphatic rings. The third kappa shape index (κ3) is 3.65. The maximum absolute atomic E-state index is 9.57. The predicted octanol–water partition coefficient (Wildman–Crippen LogP) is 3.62. The Labute approximate surface area is 197 Å². The van der Waals surface area contributed by atoms with Crippen LogP contribution in [0.5, 0.6) is 5.75 Å². The number of aromatic nitrogens is 6. The first-order valence-corrected chi connectivity index (χ1v) is 11.1. The van der Waals surface area contributed by atoms with E-state index in [1.165, 1.54) is 0 Å². The first-order chi connectivity index (χ1) is 16.4. The molecule has 0 unspecified atom stereocenters. The van der Waals surface area contributed by atoms with E-state index in [0.29, 0.717) is 24.8 Å². The van der Waals surface area contributed by atoms with Crippen LogP contribution in [0.25, 0.3) is 22.3 Å². The number of aryl methyl sites for hydroxylation is 2. The van der Waals surface area contributed by atoms with Gasteiger partial charge in [0.2, 0.25) is 5.95 Å². The Bertz CT molecular complexity index is 1420. The molecule has 4 heterocycles. The fourth-order valence-corrected chi connectivity index (χ4v) is 4.24. The van der Waals surface area contributed by atoms with Gasteiger partial charge in [0, 0.05) is 43.0 Å². The van der Waals surface area contributed by atoms with Gasteiger partial charge < -0.3 is 19.5 Å². The fraction of sp³-hybridized carbons (Fsp3) is 0.333. The molecule has 172 valence electrons. The third-order valence-corrected chi connectivity index (χ3v) is 6.29. The van der Waals surface area contributed by atoms with Gasteiger partial charge in [-0.1, -0.05) is 6.92 Å². The van der Waals surface area contributed by atoms with Gasteiger partial charge in [-0.05, 0) is 37.6 Å². The summed E-state index contributed by atoms with van der Waals surface area (Å²) in [5.41, 5.74) is 2.94. The normalized spacial score (nSPS) is 14.5. The van der Waals surface area contributed by atoms with Crippen molar-refractivity contribution in [3.63, 3.8) is 0 Å². The number of nitriles is 1. The summed E-state index contributed by atoms with van der Waals surface area (Å²) in [6.07, 6.45) is 4.26. The highest BCUT2D eigenvalue weighted by atomic mass is 16.5. The zero-order valence-electron chi connectivity index (χ0n) is 19.6. The zero-order valence-corrected chi connectivity index (χ0v) is 19.6. The molecular weight excluding hydrogens is 430 g/mol. The van der Waals surface area contributed by atoms with Gasteiger partial charge >= 0.3 is 0 Å². The van der Waals surface area contributed by atoms with Crippen molar-refractivity contribution in [2.45, 2.75) is 20.3 Å². The monoisotopic (exact) mass is 455 g/mol. The SMILES string of the molecule is CCC1(C#N)CN(c2nc(C)cc3cnc(Nc4ccc(-c5nncn5C)cc4OC)nc23)C1. The van der Waals surface area contributed by atoms with Crippen molar-refractivity contribution < 1.29 is 4.74 Å². The summed E-state index contributed by atoms with van der Waals surface area (Å²) in [5.74, 6) is 2.60. The molecule has 1 fully saturated rings. The van der Waals surface area contributed by atoms with Gasteiger partial charge in [0.25, 0.3) is 0 Å². The van der Waals surface area contributed by atoms with Crippen LogP contribution < -0.4 is 15.0 Å². The van der Waals surface area contributed by atoms with Crippen molar-refractivity contribution in [2.75, 3.05) is 30.4 Å². The number of benzene rings is 1. The highest BCUT2D eigenvalue weighted by Gasteiger charge is 2.43. The molecule has 5 rings (SSSR count). The van der Waals surface area contributed by atoms with Crippen LogP contribution in [0.2, 0.25) is 0 Å². The minimum absolute atomic E-state index is 0.316. The van der Waals surface area contributed by atoms with Crippen LogP contribution in [-0.2, 0) is 7.05 Å². The predicted molar refractivity (Wildman–Crippen MR) is 129 cm³/mol. The summed E-state index contributed by atoms with van der Waals surface area (Å²) < 4.78 is 7.46. The first-order valence-electron chi connectivity index (χ1n) is 11.1. The Morgan fingerprint density at radius 3 is 2.74 bits per heavy atom. The smallest absolute Gasteiger partial charge is 0.227 e. The number of hydrogen-bond acceptors (Lipinski definition) is 9. The molecular formula is C24H25N9O. The number of methoxy groups -OCH3 is 1. The molecule has 0 atom stereocenters. The number of anilines is 3. The van der Waals surface area contributed by atoms with Crippen LogP contribution in [0.15, 0.2) is 36.8 Å². The Kier molecular flexibility index (Phi) is 5.24. The maximum Gasteiger partial charge on any atom is 0.227 e. The molecule has 1 saturated heterocycles. The quantitative estimate of drug-likeness (QED) is 0.465. The van der Waals surface area contributed by atoms with E-state index in [1.54, 1.807) is 19.6 Å². The van der Waals surface area contributed by atoms with Gasteiger partial charge in [-0.15, -0.1) is 10.2 Å². The molecule has 1 aromatic carbocycles. The molecule has 1 aliphatic heterocycles. The van der Waals surface area contributed by atoms with Crippen LogP contribution in [0, 0.1) is 23.7 Å². The van der Waals surface area contributed by atoms with Crippen molar-refractivity contribution in [1.82, 2.24) is 29.7 Å². The lowest BCUT2D eigenvalue weighted by Gasteiger charge is -2.46. The third-order valence-electron chi connectivity index (χ3n) is 6.29. The van der Waals surface area contributed by atoms with E-state index < -0.39 is 0 Å². The number of nitrogens with one attached hydrogen (secondary N) is 1. The van der Waals surface area contributed by atoms with E-state index in [9.17, 15) is 5.26 Å². The summed E-state index contributed by atoms with van der Waals surface area (Å²) in [7, 11) is 3.51. The maximum atomic E-state index is 9.57. The molecule has 1 N–H and O–H groups in total. The topological polar surface area (TPSA) is 118 Å². The number of ether oxygens (including phenoxy) is 1. The molecule has 10 nitrogen and oxygen atoms in total. The Morgan fingerprint density at radius 2 is 2.06 bits per heavy atom. The van der Waals surface area contributed by atoms with Crippen LogP contribution in [0.4, 0.5) is 17.5 Å². The van der Waals surface area contributed by atoms with E-state index in [0.717, 1.165) is 45.9 Å². The second-order valence-corrected chi connectivity index (χ2v) is 8.63. The van der Waals surface area contributed by atoms with Crippen molar-refractivity contribution in [2.24, 2.45) is 12.5 Å². The highest BCUT2D eigenvalue weighted by molar-refractivity contribution is 5.90. The van der Waals surface area contributed by atoms with E-state index in [1.807, 2.05) is 42.8 Å². The number of nitrogens with zero attached hydrogens (tertiary/aromatic N) is 8. The molecule has 0 saturated carbocycles. The number of pyridine rings is 1. The number of rotatable bonds is 6.